The van der Waals surface area contributed by atoms with Gasteiger partial charge in [-0.1, -0.05) is 36.8 Å². The smallest absolute Gasteiger partial charge is 0.0615 e. The fourth-order valence-corrected chi connectivity index (χ4v) is 2.40. The molecule has 1 aromatic rings. The predicted molar refractivity (Wildman–Crippen MR) is 81.3 cm³/mol. The highest BCUT2D eigenvalue weighted by Crippen LogP contribution is 2.26. The molecule has 0 saturated heterocycles. The van der Waals surface area contributed by atoms with Crippen molar-refractivity contribution < 1.29 is 4.74 Å². The van der Waals surface area contributed by atoms with Crippen molar-refractivity contribution >= 4 is 0 Å². The van der Waals surface area contributed by atoms with E-state index in [1.165, 1.54) is 11.1 Å². The molecule has 3 atom stereocenters. The molecule has 0 bridgehead atoms. The van der Waals surface area contributed by atoms with Gasteiger partial charge in [0.05, 0.1) is 6.61 Å². The Labute approximate surface area is 117 Å². The third-order valence-corrected chi connectivity index (χ3v) is 3.84. The van der Waals surface area contributed by atoms with Gasteiger partial charge in [-0.2, -0.15) is 0 Å². The molecule has 0 spiro atoms. The van der Waals surface area contributed by atoms with E-state index < -0.39 is 0 Å². The summed E-state index contributed by atoms with van der Waals surface area (Å²) >= 11 is 0. The normalized spacial score (nSPS) is 16.4. The molecule has 0 aliphatic rings. The molecule has 0 saturated carbocycles. The average molecular weight is 264 g/mol. The molecule has 3 unspecified atom stereocenters. The Morgan fingerprint density at radius 2 is 1.84 bits per heavy atom. The van der Waals surface area contributed by atoms with Crippen molar-refractivity contribution in [2.75, 3.05) is 20.8 Å². The van der Waals surface area contributed by atoms with Crippen molar-refractivity contribution in [3.8, 4) is 0 Å². The molecule has 0 aliphatic carbocycles. The topological polar surface area (TPSA) is 38.5 Å². The zero-order valence-corrected chi connectivity index (χ0v) is 12.9. The van der Waals surface area contributed by atoms with Crippen molar-refractivity contribution in [3.05, 3.63) is 35.4 Å². The van der Waals surface area contributed by atoms with Gasteiger partial charge in [0.1, 0.15) is 0 Å². The molecule has 0 amide bonds. The van der Waals surface area contributed by atoms with Crippen LogP contribution in [0.25, 0.3) is 0 Å². The number of aryl methyl sites for hydroxylation is 1. The quantitative estimate of drug-likeness (QED) is 0.823. The van der Waals surface area contributed by atoms with E-state index in [0.717, 1.165) is 13.0 Å². The van der Waals surface area contributed by atoms with Crippen LogP contribution in [0.2, 0.25) is 0 Å². The number of rotatable bonds is 7. The lowest BCUT2D eigenvalue weighted by Crippen LogP contribution is -2.44. The highest BCUT2D eigenvalue weighted by atomic mass is 16.5. The monoisotopic (exact) mass is 264 g/mol. The first kappa shape index (κ1) is 16.2. The Hall–Kier alpha value is -0.900. The van der Waals surface area contributed by atoms with Gasteiger partial charge in [0.15, 0.2) is 0 Å². The summed E-state index contributed by atoms with van der Waals surface area (Å²) in [4.78, 5) is 2.32. The maximum atomic E-state index is 6.34. The van der Waals surface area contributed by atoms with E-state index in [9.17, 15) is 0 Å². The maximum Gasteiger partial charge on any atom is 0.0615 e. The molecule has 0 aliphatic heterocycles. The first-order valence-electron chi connectivity index (χ1n) is 7.04. The Morgan fingerprint density at radius 1 is 1.26 bits per heavy atom. The number of hydrogen-bond donors (Lipinski definition) is 1. The summed E-state index contributed by atoms with van der Waals surface area (Å²) in [6.07, 6.45) is 0.961. The minimum atomic E-state index is 0.131. The third-order valence-electron chi connectivity index (χ3n) is 3.84. The van der Waals surface area contributed by atoms with Gasteiger partial charge in [-0.3, -0.25) is 4.90 Å². The molecule has 19 heavy (non-hydrogen) atoms. The Bertz CT molecular complexity index is 364. The van der Waals surface area contributed by atoms with Crippen LogP contribution in [0.5, 0.6) is 0 Å². The van der Waals surface area contributed by atoms with Crippen LogP contribution in [0.4, 0.5) is 0 Å². The number of nitrogens with two attached hydrogens (primary N) is 1. The van der Waals surface area contributed by atoms with Gasteiger partial charge in [0, 0.05) is 25.2 Å². The van der Waals surface area contributed by atoms with Gasteiger partial charge in [0.25, 0.3) is 0 Å². The SMILES string of the molecule is CCC(N)C(c1ccc(C)cc1)N(C)C(C)COC. The van der Waals surface area contributed by atoms with Crippen LogP contribution in [0.1, 0.15) is 37.4 Å². The van der Waals surface area contributed by atoms with Crippen LogP contribution in [-0.2, 0) is 4.74 Å². The number of nitrogens with zero attached hydrogens (tertiary/aromatic N) is 1. The molecule has 1 aromatic carbocycles. The summed E-state index contributed by atoms with van der Waals surface area (Å²) in [5, 5.41) is 0. The fraction of sp³-hybridized carbons (Fsp3) is 0.625. The highest BCUT2D eigenvalue weighted by molar-refractivity contribution is 5.25. The standard InChI is InChI=1S/C16H28N2O/c1-6-15(17)16(18(4)13(3)11-19-5)14-9-7-12(2)8-10-14/h7-10,13,15-16H,6,11,17H2,1-5H3. The van der Waals surface area contributed by atoms with Gasteiger partial charge in [-0.05, 0) is 32.9 Å². The van der Waals surface area contributed by atoms with E-state index >= 15 is 0 Å². The molecule has 108 valence electrons. The summed E-state index contributed by atoms with van der Waals surface area (Å²) in [5.41, 5.74) is 8.90. The lowest BCUT2D eigenvalue weighted by Gasteiger charge is -2.36. The van der Waals surface area contributed by atoms with Gasteiger partial charge < -0.3 is 10.5 Å². The molecule has 2 N–H and O–H groups in total. The first-order valence-corrected chi connectivity index (χ1v) is 7.04. The predicted octanol–water partition coefficient (Wildman–Crippen LogP) is 2.74. The Balaban J connectivity index is 2.97. The first-order chi connectivity index (χ1) is 9.01. The Morgan fingerprint density at radius 3 is 2.32 bits per heavy atom. The lowest BCUT2D eigenvalue weighted by atomic mass is 9.95. The number of hydrogen-bond acceptors (Lipinski definition) is 3. The van der Waals surface area contributed by atoms with E-state index in [4.69, 9.17) is 10.5 Å². The minimum absolute atomic E-state index is 0.131. The molecule has 3 heteroatoms. The number of methoxy groups -OCH3 is 1. The van der Waals surface area contributed by atoms with Crippen molar-refractivity contribution in [2.45, 2.75) is 45.3 Å². The molecule has 0 fully saturated rings. The molecule has 3 nitrogen and oxygen atoms in total. The Kier molecular flexibility index (Phi) is 6.49. The summed E-state index contributed by atoms with van der Waals surface area (Å²) in [6, 6.07) is 9.38. The lowest BCUT2D eigenvalue weighted by molar-refractivity contribution is 0.0794. The number of benzene rings is 1. The molecular weight excluding hydrogens is 236 g/mol. The second-order valence-electron chi connectivity index (χ2n) is 5.40. The molecule has 0 aromatic heterocycles. The highest BCUT2D eigenvalue weighted by Gasteiger charge is 2.26. The average Bonchev–Trinajstić information content (AvgIpc) is 2.41. The van der Waals surface area contributed by atoms with E-state index in [0.29, 0.717) is 6.04 Å². The van der Waals surface area contributed by atoms with E-state index in [1.807, 2.05) is 0 Å². The van der Waals surface area contributed by atoms with Crippen molar-refractivity contribution in [1.29, 1.82) is 0 Å². The zero-order chi connectivity index (χ0) is 14.4. The van der Waals surface area contributed by atoms with E-state index in [-0.39, 0.29) is 12.1 Å². The van der Waals surface area contributed by atoms with Gasteiger partial charge in [-0.15, -0.1) is 0 Å². The molecular formula is C16H28N2O. The summed E-state index contributed by atoms with van der Waals surface area (Å²) in [6.45, 7) is 7.14. The minimum Gasteiger partial charge on any atom is -0.383 e. The van der Waals surface area contributed by atoms with Crippen LogP contribution < -0.4 is 5.73 Å². The third kappa shape index (κ3) is 4.30. The summed E-state index contributed by atoms with van der Waals surface area (Å²) < 4.78 is 5.26. The summed E-state index contributed by atoms with van der Waals surface area (Å²) in [7, 11) is 3.87. The van der Waals surface area contributed by atoms with Crippen LogP contribution in [0, 0.1) is 6.92 Å². The molecule has 0 heterocycles. The summed E-state index contributed by atoms with van der Waals surface area (Å²) in [5.74, 6) is 0. The van der Waals surface area contributed by atoms with Gasteiger partial charge in [0.2, 0.25) is 0 Å². The van der Waals surface area contributed by atoms with Crippen LogP contribution in [-0.4, -0.2) is 37.7 Å². The van der Waals surface area contributed by atoms with Crippen LogP contribution in [0.15, 0.2) is 24.3 Å². The fourth-order valence-electron chi connectivity index (χ4n) is 2.40. The van der Waals surface area contributed by atoms with Gasteiger partial charge in [-0.25, -0.2) is 0 Å². The zero-order valence-electron chi connectivity index (χ0n) is 12.9. The van der Waals surface area contributed by atoms with E-state index in [1.54, 1.807) is 7.11 Å². The second-order valence-corrected chi connectivity index (χ2v) is 5.40. The van der Waals surface area contributed by atoms with Crippen molar-refractivity contribution in [3.63, 3.8) is 0 Å². The van der Waals surface area contributed by atoms with Gasteiger partial charge >= 0.3 is 0 Å². The van der Waals surface area contributed by atoms with Crippen molar-refractivity contribution in [1.82, 2.24) is 4.90 Å². The number of likely N-dealkylation sites (N-methyl/N-ethyl adjacent to an activating group) is 1. The van der Waals surface area contributed by atoms with E-state index in [2.05, 4.69) is 57.0 Å². The maximum absolute atomic E-state index is 6.34. The largest absolute Gasteiger partial charge is 0.383 e. The second kappa shape index (κ2) is 7.63. The van der Waals surface area contributed by atoms with Crippen LogP contribution >= 0.6 is 0 Å². The number of ether oxygens (including phenoxy) is 1. The van der Waals surface area contributed by atoms with Crippen molar-refractivity contribution in [2.24, 2.45) is 5.73 Å². The molecule has 1 rings (SSSR count). The molecule has 0 radical (unpaired) electrons. The van der Waals surface area contributed by atoms with Crippen LogP contribution in [0.3, 0.4) is 0 Å².